The summed E-state index contributed by atoms with van der Waals surface area (Å²) >= 11 is 0. The van der Waals surface area contributed by atoms with Crippen LogP contribution in [0.4, 0.5) is 8.78 Å². The van der Waals surface area contributed by atoms with Crippen molar-refractivity contribution in [3.63, 3.8) is 0 Å². The molecule has 0 bridgehead atoms. The summed E-state index contributed by atoms with van der Waals surface area (Å²) in [5, 5.41) is 27.8. The van der Waals surface area contributed by atoms with Gasteiger partial charge >= 0.3 is 0 Å². The van der Waals surface area contributed by atoms with Gasteiger partial charge in [-0.15, -0.1) is 0 Å². The maximum Gasteiger partial charge on any atom is 0.162 e. The number of aliphatic hydroxyl groups excluding tert-OH is 3. The van der Waals surface area contributed by atoms with Crippen molar-refractivity contribution in [1.82, 2.24) is 0 Å². The number of benzene rings is 1. The summed E-state index contributed by atoms with van der Waals surface area (Å²) in [6.45, 7) is -0.329. The third-order valence-corrected chi connectivity index (χ3v) is 2.38. The van der Waals surface area contributed by atoms with Crippen LogP contribution >= 0.6 is 0 Å². The quantitative estimate of drug-likeness (QED) is 0.719. The molecule has 4 nitrogen and oxygen atoms in total. The van der Waals surface area contributed by atoms with Crippen LogP contribution in [-0.2, 0) is 0 Å². The van der Waals surface area contributed by atoms with Crippen LogP contribution in [0.1, 0.15) is 18.1 Å². The first kappa shape index (κ1) is 13.8. The molecule has 0 spiro atoms. The average Bonchev–Trinajstić information content (AvgIpc) is 2.31. The summed E-state index contributed by atoms with van der Waals surface area (Å²) in [7, 11) is 1.24. The van der Waals surface area contributed by atoms with Crippen LogP contribution < -0.4 is 4.74 Å². The molecule has 1 rings (SSSR count). The molecule has 2 unspecified atom stereocenters. The molecule has 96 valence electrons. The molecule has 0 heterocycles. The van der Waals surface area contributed by atoms with Gasteiger partial charge in [-0.05, 0) is 12.5 Å². The molecule has 17 heavy (non-hydrogen) atoms. The van der Waals surface area contributed by atoms with E-state index >= 15 is 0 Å². The second kappa shape index (κ2) is 5.90. The Morgan fingerprint density at radius 1 is 1.24 bits per heavy atom. The van der Waals surface area contributed by atoms with Crippen molar-refractivity contribution in [1.29, 1.82) is 0 Å². The van der Waals surface area contributed by atoms with E-state index in [-0.39, 0.29) is 24.3 Å². The highest BCUT2D eigenvalue weighted by Crippen LogP contribution is 2.30. The van der Waals surface area contributed by atoms with Crippen molar-refractivity contribution in [2.75, 3.05) is 13.7 Å². The highest BCUT2D eigenvalue weighted by molar-refractivity contribution is 5.37. The lowest BCUT2D eigenvalue weighted by Crippen LogP contribution is -2.20. The van der Waals surface area contributed by atoms with Crippen LogP contribution in [0.2, 0.25) is 0 Å². The Hall–Kier alpha value is -1.24. The Balaban J connectivity index is 3.07. The van der Waals surface area contributed by atoms with Crippen LogP contribution in [0, 0.1) is 11.6 Å². The van der Waals surface area contributed by atoms with E-state index in [2.05, 4.69) is 0 Å². The van der Waals surface area contributed by atoms with Crippen LogP contribution in [-0.4, -0.2) is 35.1 Å². The number of ether oxygens (including phenoxy) is 1. The zero-order chi connectivity index (χ0) is 13.0. The lowest BCUT2D eigenvalue weighted by atomic mass is 10.0. The van der Waals surface area contributed by atoms with E-state index in [0.717, 1.165) is 12.1 Å². The minimum absolute atomic E-state index is 0.0617. The summed E-state index contributed by atoms with van der Waals surface area (Å²) in [6, 6.07) is 1.55. The van der Waals surface area contributed by atoms with Gasteiger partial charge in [0.1, 0.15) is 11.9 Å². The van der Waals surface area contributed by atoms with Crippen LogP contribution in [0.25, 0.3) is 0 Å². The summed E-state index contributed by atoms with van der Waals surface area (Å²) in [4.78, 5) is 0. The predicted molar refractivity (Wildman–Crippen MR) is 55.6 cm³/mol. The van der Waals surface area contributed by atoms with Crippen molar-refractivity contribution >= 4 is 0 Å². The summed E-state index contributed by atoms with van der Waals surface area (Å²) in [5.41, 5.74) is -0.0626. The Kier molecular flexibility index (Phi) is 4.80. The van der Waals surface area contributed by atoms with Crippen LogP contribution in [0.5, 0.6) is 5.75 Å². The highest BCUT2D eigenvalue weighted by atomic mass is 19.2. The summed E-state index contributed by atoms with van der Waals surface area (Å²) in [5.74, 6) is -2.31. The smallest absolute Gasteiger partial charge is 0.162 e. The third kappa shape index (κ3) is 3.12. The second-order valence-electron chi connectivity index (χ2n) is 3.53. The summed E-state index contributed by atoms with van der Waals surface area (Å²) in [6.07, 6.45) is -2.81. The molecule has 6 heteroatoms. The van der Waals surface area contributed by atoms with Crippen molar-refractivity contribution in [3.8, 4) is 5.75 Å². The van der Waals surface area contributed by atoms with Gasteiger partial charge in [0.2, 0.25) is 0 Å². The van der Waals surface area contributed by atoms with Gasteiger partial charge in [0.15, 0.2) is 11.6 Å². The SMILES string of the molecule is COc1cc(F)c(F)cc1C(O)C(O)CCO. The predicted octanol–water partition coefficient (Wildman–Crippen LogP) is 0.750. The fourth-order valence-electron chi connectivity index (χ4n) is 1.45. The third-order valence-electron chi connectivity index (χ3n) is 2.38. The zero-order valence-corrected chi connectivity index (χ0v) is 9.23. The first-order valence-electron chi connectivity index (χ1n) is 5.01. The molecule has 0 saturated heterocycles. The molecular weight excluding hydrogens is 234 g/mol. The molecule has 0 amide bonds. The van der Waals surface area contributed by atoms with Crippen molar-refractivity contribution in [3.05, 3.63) is 29.3 Å². The van der Waals surface area contributed by atoms with Gasteiger partial charge in [-0.3, -0.25) is 0 Å². The number of methoxy groups -OCH3 is 1. The molecule has 0 fully saturated rings. The fourth-order valence-corrected chi connectivity index (χ4v) is 1.45. The van der Waals surface area contributed by atoms with E-state index < -0.39 is 23.8 Å². The molecule has 1 aromatic rings. The number of halogens is 2. The van der Waals surface area contributed by atoms with E-state index in [4.69, 9.17) is 9.84 Å². The molecule has 0 saturated carbocycles. The molecule has 0 aliphatic heterocycles. The van der Waals surface area contributed by atoms with Gasteiger partial charge in [-0.2, -0.15) is 0 Å². The Morgan fingerprint density at radius 2 is 1.82 bits per heavy atom. The highest BCUT2D eigenvalue weighted by Gasteiger charge is 2.23. The molecule has 1 aromatic carbocycles. The monoisotopic (exact) mass is 248 g/mol. The Bertz CT molecular complexity index is 384. The molecule has 3 N–H and O–H groups in total. The van der Waals surface area contributed by atoms with Crippen LogP contribution in [0.3, 0.4) is 0 Å². The van der Waals surface area contributed by atoms with E-state index in [1.807, 2.05) is 0 Å². The van der Waals surface area contributed by atoms with E-state index in [1.165, 1.54) is 7.11 Å². The number of hydrogen-bond donors (Lipinski definition) is 3. The van der Waals surface area contributed by atoms with Crippen LogP contribution in [0.15, 0.2) is 12.1 Å². The van der Waals surface area contributed by atoms with Gasteiger partial charge in [0.25, 0.3) is 0 Å². The first-order valence-corrected chi connectivity index (χ1v) is 5.01. The minimum atomic E-state index is -1.45. The van der Waals surface area contributed by atoms with E-state index in [0.29, 0.717) is 0 Å². The second-order valence-corrected chi connectivity index (χ2v) is 3.53. The van der Waals surface area contributed by atoms with Gasteiger partial charge < -0.3 is 20.1 Å². The van der Waals surface area contributed by atoms with E-state index in [9.17, 15) is 19.0 Å². The number of rotatable bonds is 5. The van der Waals surface area contributed by atoms with Gasteiger partial charge in [-0.1, -0.05) is 0 Å². The van der Waals surface area contributed by atoms with Crippen molar-refractivity contribution in [2.45, 2.75) is 18.6 Å². The normalized spacial score (nSPS) is 14.5. The summed E-state index contributed by atoms with van der Waals surface area (Å²) < 4.78 is 30.7. The van der Waals surface area contributed by atoms with Gasteiger partial charge in [0.05, 0.1) is 13.2 Å². The van der Waals surface area contributed by atoms with Crippen molar-refractivity contribution < 1.29 is 28.8 Å². The van der Waals surface area contributed by atoms with Crippen molar-refractivity contribution in [2.24, 2.45) is 0 Å². The Labute approximate surface area is 97.1 Å². The maximum absolute atomic E-state index is 13.0. The van der Waals surface area contributed by atoms with Gasteiger partial charge in [-0.25, -0.2) is 8.78 Å². The standard InChI is InChI=1S/C11H14F2O4/c1-17-10-5-8(13)7(12)4-6(10)11(16)9(15)2-3-14/h4-5,9,11,14-16H,2-3H2,1H3. The number of aliphatic hydroxyl groups is 3. The Morgan fingerprint density at radius 3 is 2.35 bits per heavy atom. The first-order chi connectivity index (χ1) is 8.01. The topological polar surface area (TPSA) is 69.9 Å². The lowest BCUT2D eigenvalue weighted by molar-refractivity contribution is 0.00282. The molecule has 0 aromatic heterocycles. The van der Waals surface area contributed by atoms with Gasteiger partial charge in [0, 0.05) is 18.2 Å². The largest absolute Gasteiger partial charge is 0.496 e. The zero-order valence-electron chi connectivity index (χ0n) is 9.23. The molecule has 2 atom stereocenters. The fraction of sp³-hybridized carbons (Fsp3) is 0.455. The maximum atomic E-state index is 13.0. The number of hydrogen-bond acceptors (Lipinski definition) is 4. The average molecular weight is 248 g/mol. The molecule has 0 aliphatic rings. The lowest BCUT2D eigenvalue weighted by Gasteiger charge is -2.19. The van der Waals surface area contributed by atoms with E-state index in [1.54, 1.807) is 0 Å². The molecule has 0 aliphatic carbocycles. The molecular formula is C11H14F2O4. The minimum Gasteiger partial charge on any atom is -0.496 e. The molecule has 0 radical (unpaired) electrons.